The Morgan fingerprint density at radius 2 is 2.12 bits per heavy atom. The maximum absolute atomic E-state index is 13.6. The van der Waals surface area contributed by atoms with E-state index in [0.717, 1.165) is 18.5 Å². The second kappa shape index (κ2) is 7.25. The van der Waals surface area contributed by atoms with Crippen molar-refractivity contribution < 1.29 is 9.13 Å². The first-order valence-corrected chi connectivity index (χ1v) is 5.84. The molecule has 0 aliphatic rings. The Balaban J connectivity index is 2.43. The van der Waals surface area contributed by atoms with Crippen LogP contribution >= 0.6 is 0 Å². The van der Waals surface area contributed by atoms with Gasteiger partial charge >= 0.3 is 0 Å². The zero-order valence-corrected chi connectivity index (χ0v) is 10.8. The molecule has 0 aromatic heterocycles. The van der Waals surface area contributed by atoms with Crippen LogP contribution in [0.15, 0.2) is 18.2 Å². The fourth-order valence-electron chi connectivity index (χ4n) is 1.54. The van der Waals surface area contributed by atoms with Crippen molar-refractivity contribution in [3.8, 4) is 5.75 Å². The molecule has 4 heteroatoms. The van der Waals surface area contributed by atoms with Gasteiger partial charge < -0.3 is 15.0 Å². The summed E-state index contributed by atoms with van der Waals surface area (Å²) in [7, 11) is 5.85. The van der Waals surface area contributed by atoms with Crippen LogP contribution in [0.2, 0.25) is 0 Å². The Kier molecular flexibility index (Phi) is 5.94. The number of nitrogens with one attached hydrogen (secondary N) is 1. The molecule has 0 aliphatic heterocycles. The summed E-state index contributed by atoms with van der Waals surface area (Å²) in [6.07, 6.45) is 0.894. The van der Waals surface area contributed by atoms with Gasteiger partial charge in [-0.15, -0.1) is 0 Å². The minimum absolute atomic E-state index is 0.289. The Bertz CT molecular complexity index is 342. The molecule has 1 rings (SSSR count). The lowest BCUT2D eigenvalue weighted by Gasteiger charge is -2.11. The molecule has 17 heavy (non-hydrogen) atoms. The van der Waals surface area contributed by atoms with Gasteiger partial charge in [0.2, 0.25) is 0 Å². The molecule has 0 bridgehead atoms. The summed E-state index contributed by atoms with van der Waals surface area (Å²) in [5.41, 5.74) is 0.922. The smallest absolute Gasteiger partial charge is 0.165 e. The van der Waals surface area contributed by atoms with Crippen LogP contribution < -0.4 is 10.1 Å². The highest BCUT2D eigenvalue weighted by atomic mass is 19.1. The van der Waals surface area contributed by atoms with Crippen molar-refractivity contribution in [2.75, 3.05) is 34.3 Å². The quantitative estimate of drug-likeness (QED) is 0.736. The molecule has 0 amide bonds. The largest absolute Gasteiger partial charge is 0.490 e. The Labute approximate surface area is 103 Å². The number of ether oxygens (including phenoxy) is 1. The first kappa shape index (κ1) is 13.9. The summed E-state index contributed by atoms with van der Waals surface area (Å²) in [4.78, 5) is 2.08. The van der Waals surface area contributed by atoms with Crippen LogP contribution in [0.1, 0.15) is 12.0 Å². The third kappa shape index (κ3) is 5.15. The summed E-state index contributed by atoms with van der Waals surface area (Å²) >= 11 is 0. The molecular formula is C13H21FN2O. The van der Waals surface area contributed by atoms with Crippen LogP contribution in [0.5, 0.6) is 5.75 Å². The average Bonchev–Trinajstić information content (AvgIpc) is 2.27. The number of nitrogens with zero attached hydrogens (tertiary/aromatic N) is 1. The lowest BCUT2D eigenvalue weighted by Crippen LogP contribution is -2.15. The molecular weight excluding hydrogens is 219 g/mol. The number of halogens is 1. The fourth-order valence-corrected chi connectivity index (χ4v) is 1.54. The molecule has 3 nitrogen and oxygen atoms in total. The second-order valence-electron chi connectivity index (χ2n) is 4.30. The van der Waals surface area contributed by atoms with Crippen molar-refractivity contribution in [1.82, 2.24) is 10.2 Å². The molecule has 0 saturated carbocycles. The van der Waals surface area contributed by atoms with E-state index in [1.165, 1.54) is 6.07 Å². The van der Waals surface area contributed by atoms with Crippen LogP contribution in [-0.2, 0) is 6.54 Å². The zero-order valence-electron chi connectivity index (χ0n) is 10.8. The van der Waals surface area contributed by atoms with Crippen molar-refractivity contribution in [2.45, 2.75) is 13.0 Å². The Hall–Kier alpha value is -1.13. The topological polar surface area (TPSA) is 24.5 Å². The maximum Gasteiger partial charge on any atom is 0.165 e. The lowest BCUT2D eigenvalue weighted by atomic mass is 10.2. The van der Waals surface area contributed by atoms with E-state index >= 15 is 0 Å². The highest BCUT2D eigenvalue weighted by molar-refractivity contribution is 5.29. The van der Waals surface area contributed by atoms with Gasteiger partial charge in [0.1, 0.15) is 0 Å². The summed E-state index contributed by atoms with van der Waals surface area (Å²) in [6.45, 7) is 2.15. The van der Waals surface area contributed by atoms with E-state index in [1.807, 2.05) is 27.2 Å². The minimum Gasteiger partial charge on any atom is -0.490 e. The van der Waals surface area contributed by atoms with E-state index < -0.39 is 0 Å². The SMILES string of the molecule is CNCc1ccc(OCCCN(C)C)c(F)c1. The molecule has 0 heterocycles. The Morgan fingerprint density at radius 1 is 1.35 bits per heavy atom. The maximum atomic E-state index is 13.6. The standard InChI is InChI=1S/C13H21FN2O/c1-15-10-11-5-6-13(12(14)9-11)17-8-4-7-16(2)3/h5-6,9,15H,4,7-8,10H2,1-3H3. The predicted octanol–water partition coefficient (Wildman–Crippen LogP) is 1.88. The van der Waals surface area contributed by atoms with Gasteiger partial charge in [-0.1, -0.05) is 6.07 Å². The van der Waals surface area contributed by atoms with E-state index in [0.29, 0.717) is 18.9 Å². The molecule has 0 fully saturated rings. The third-order valence-corrected chi connectivity index (χ3v) is 2.38. The van der Waals surface area contributed by atoms with Crippen LogP contribution in [0.4, 0.5) is 4.39 Å². The van der Waals surface area contributed by atoms with Crippen LogP contribution in [-0.4, -0.2) is 39.2 Å². The molecule has 96 valence electrons. The van der Waals surface area contributed by atoms with Gasteiger partial charge in [0.25, 0.3) is 0 Å². The van der Waals surface area contributed by atoms with Gasteiger partial charge in [-0.25, -0.2) is 4.39 Å². The summed E-state index contributed by atoms with van der Waals surface area (Å²) in [6, 6.07) is 5.08. The molecule has 0 unspecified atom stereocenters. The summed E-state index contributed by atoms with van der Waals surface area (Å²) in [5.74, 6) is 0.0474. The van der Waals surface area contributed by atoms with Crippen molar-refractivity contribution in [3.05, 3.63) is 29.6 Å². The number of hydrogen-bond acceptors (Lipinski definition) is 3. The number of rotatable bonds is 7. The van der Waals surface area contributed by atoms with Gasteiger partial charge in [-0.3, -0.25) is 0 Å². The zero-order chi connectivity index (χ0) is 12.7. The average molecular weight is 240 g/mol. The molecule has 1 N–H and O–H groups in total. The highest BCUT2D eigenvalue weighted by Crippen LogP contribution is 2.18. The second-order valence-corrected chi connectivity index (χ2v) is 4.30. The van der Waals surface area contributed by atoms with Gasteiger partial charge in [-0.2, -0.15) is 0 Å². The van der Waals surface area contributed by atoms with E-state index in [-0.39, 0.29) is 5.82 Å². The van der Waals surface area contributed by atoms with Crippen molar-refractivity contribution >= 4 is 0 Å². The van der Waals surface area contributed by atoms with Crippen molar-refractivity contribution in [2.24, 2.45) is 0 Å². The lowest BCUT2D eigenvalue weighted by molar-refractivity contribution is 0.271. The summed E-state index contributed by atoms with van der Waals surface area (Å²) in [5, 5.41) is 2.98. The molecule has 0 radical (unpaired) electrons. The monoisotopic (exact) mass is 240 g/mol. The van der Waals surface area contributed by atoms with E-state index in [2.05, 4.69) is 10.2 Å². The third-order valence-electron chi connectivity index (χ3n) is 2.38. The van der Waals surface area contributed by atoms with Crippen LogP contribution in [0.3, 0.4) is 0 Å². The van der Waals surface area contributed by atoms with E-state index in [1.54, 1.807) is 6.07 Å². The van der Waals surface area contributed by atoms with Crippen molar-refractivity contribution in [3.63, 3.8) is 0 Å². The molecule has 0 aliphatic carbocycles. The number of benzene rings is 1. The molecule has 1 aromatic rings. The van der Waals surface area contributed by atoms with Gasteiger partial charge in [0, 0.05) is 13.1 Å². The number of hydrogen-bond donors (Lipinski definition) is 1. The van der Waals surface area contributed by atoms with E-state index in [9.17, 15) is 4.39 Å². The summed E-state index contributed by atoms with van der Waals surface area (Å²) < 4.78 is 19.0. The first-order valence-electron chi connectivity index (χ1n) is 5.84. The van der Waals surface area contributed by atoms with Gasteiger partial charge in [-0.05, 0) is 45.3 Å². The van der Waals surface area contributed by atoms with Crippen LogP contribution in [0.25, 0.3) is 0 Å². The fraction of sp³-hybridized carbons (Fsp3) is 0.538. The van der Waals surface area contributed by atoms with Crippen molar-refractivity contribution in [1.29, 1.82) is 0 Å². The van der Waals surface area contributed by atoms with Crippen LogP contribution in [0, 0.1) is 5.82 Å². The molecule has 0 spiro atoms. The molecule has 0 saturated heterocycles. The molecule has 0 atom stereocenters. The minimum atomic E-state index is -0.289. The Morgan fingerprint density at radius 3 is 2.71 bits per heavy atom. The van der Waals surface area contributed by atoms with Gasteiger partial charge in [0.05, 0.1) is 6.61 Å². The van der Waals surface area contributed by atoms with Gasteiger partial charge in [0.15, 0.2) is 11.6 Å². The molecule has 1 aromatic carbocycles. The van der Waals surface area contributed by atoms with E-state index in [4.69, 9.17) is 4.74 Å². The first-order chi connectivity index (χ1) is 8.13. The predicted molar refractivity (Wildman–Crippen MR) is 67.8 cm³/mol. The normalized spacial score (nSPS) is 10.9. The highest BCUT2D eigenvalue weighted by Gasteiger charge is 2.04.